The molecule has 0 bridgehead atoms. The Hall–Kier alpha value is -0.320. The van der Waals surface area contributed by atoms with Crippen LogP contribution in [0.1, 0.15) is 5.01 Å². The molecule has 2 aromatic heterocycles. The summed E-state index contributed by atoms with van der Waals surface area (Å²) in [5, 5.41) is 2.84. The zero-order chi connectivity index (χ0) is 9.26. The van der Waals surface area contributed by atoms with Crippen molar-refractivity contribution >= 4 is 38.9 Å². The van der Waals surface area contributed by atoms with Crippen LogP contribution in [-0.2, 0) is 5.88 Å². The Morgan fingerprint density at radius 2 is 2.38 bits per heavy atom. The van der Waals surface area contributed by atoms with Gasteiger partial charge in [0.05, 0.1) is 5.88 Å². The maximum atomic E-state index is 5.64. The van der Waals surface area contributed by atoms with E-state index in [1.54, 1.807) is 0 Å². The minimum atomic E-state index is 0.451. The summed E-state index contributed by atoms with van der Waals surface area (Å²) in [5.41, 5.74) is 0.839. The predicted octanol–water partition coefficient (Wildman–Crippen LogP) is 3.90. The van der Waals surface area contributed by atoms with Gasteiger partial charge in [-0.25, -0.2) is 4.98 Å². The van der Waals surface area contributed by atoms with Gasteiger partial charge < -0.3 is 4.42 Å². The Morgan fingerprint density at radius 1 is 1.54 bits per heavy atom. The average molecular weight is 279 g/mol. The molecule has 0 fully saturated rings. The fraction of sp³-hybridized carbons (Fsp3) is 0.125. The van der Waals surface area contributed by atoms with Gasteiger partial charge in [0.25, 0.3) is 0 Å². The van der Waals surface area contributed by atoms with E-state index >= 15 is 0 Å². The number of hydrogen-bond donors (Lipinski definition) is 0. The normalized spacial score (nSPS) is 10.6. The predicted molar refractivity (Wildman–Crippen MR) is 57.1 cm³/mol. The molecule has 0 aliphatic carbocycles. The van der Waals surface area contributed by atoms with Gasteiger partial charge in [0.1, 0.15) is 10.7 Å². The van der Waals surface area contributed by atoms with Gasteiger partial charge in [-0.15, -0.1) is 22.9 Å². The molecule has 5 heteroatoms. The van der Waals surface area contributed by atoms with Crippen molar-refractivity contribution in [1.82, 2.24) is 4.98 Å². The number of rotatable bonds is 2. The summed E-state index contributed by atoms with van der Waals surface area (Å²) in [5.74, 6) is 1.21. The lowest BCUT2D eigenvalue weighted by Gasteiger charge is -1.87. The molecule has 2 nitrogen and oxygen atoms in total. The Labute approximate surface area is 92.7 Å². The molecule has 2 heterocycles. The highest BCUT2D eigenvalue weighted by atomic mass is 79.9. The van der Waals surface area contributed by atoms with Crippen LogP contribution >= 0.6 is 38.9 Å². The van der Waals surface area contributed by atoms with Crippen LogP contribution in [0.2, 0.25) is 0 Å². The topological polar surface area (TPSA) is 26.0 Å². The summed E-state index contributed by atoms with van der Waals surface area (Å²) >= 11 is 10.4. The lowest BCUT2D eigenvalue weighted by molar-refractivity contribution is 0.554. The molecule has 0 aromatic carbocycles. The molecule has 68 valence electrons. The maximum absolute atomic E-state index is 5.64. The summed E-state index contributed by atoms with van der Waals surface area (Å²) in [6.45, 7) is 0. The zero-order valence-electron chi connectivity index (χ0n) is 6.46. The van der Waals surface area contributed by atoms with Crippen molar-refractivity contribution < 1.29 is 4.42 Å². The van der Waals surface area contributed by atoms with Crippen LogP contribution in [0, 0.1) is 0 Å². The summed E-state index contributed by atoms with van der Waals surface area (Å²) in [6.07, 6.45) is 0. The minimum Gasteiger partial charge on any atom is -0.448 e. The quantitative estimate of drug-likeness (QED) is 0.779. The van der Waals surface area contributed by atoms with Crippen LogP contribution in [-0.4, -0.2) is 4.98 Å². The Balaban J connectivity index is 2.35. The molecule has 0 radical (unpaired) electrons. The monoisotopic (exact) mass is 277 g/mol. The Kier molecular flexibility index (Phi) is 2.71. The Bertz CT molecular complexity index is 412. The second kappa shape index (κ2) is 3.82. The smallest absolute Gasteiger partial charge is 0.169 e. The molecular weight excluding hydrogens is 274 g/mol. The number of nitrogens with zero attached hydrogens (tertiary/aromatic N) is 1. The fourth-order valence-electron chi connectivity index (χ4n) is 0.937. The van der Waals surface area contributed by atoms with Gasteiger partial charge in [0, 0.05) is 5.38 Å². The molecule has 0 amide bonds. The van der Waals surface area contributed by atoms with Crippen molar-refractivity contribution in [2.24, 2.45) is 0 Å². The summed E-state index contributed by atoms with van der Waals surface area (Å²) in [4.78, 5) is 4.28. The average Bonchev–Trinajstić information content (AvgIpc) is 2.71. The molecule has 0 N–H and O–H groups in total. The van der Waals surface area contributed by atoms with Gasteiger partial charge in [-0.1, -0.05) is 0 Å². The molecule has 0 saturated carbocycles. The highest BCUT2D eigenvalue weighted by Crippen LogP contribution is 2.26. The molecule has 2 aromatic rings. The molecule has 0 aliphatic rings. The molecule has 2 rings (SSSR count). The van der Waals surface area contributed by atoms with Gasteiger partial charge in [-0.2, -0.15) is 0 Å². The van der Waals surface area contributed by atoms with Crippen LogP contribution in [0.3, 0.4) is 0 Å². The highest BCUT2D eigenvalue weighted by molar-refractivity contribution is 9.10. The minimum absolute atomic E-state index is 0.451. The molecular formula is C8H5BrClNOS. The van der Waals surface area contributed by atoms with Crippen molar-refractivity contribution in [2.45, 2.75) is 5.88 Å². The highest BCUT2D eigenvalue weighted by Gasteiger charge is 2.07. The van der Waals surface area contributed by atoms with E-state index in [0.29, 0.717) is 10.5 Å². The maximum Gasteiger partial charge on any atom is 0.169 e. The molecule has 13 heavy (non-hydrogen) atoms. The fourth-order valence-corrected chi connectivity index (χ4v) is 2.12. The summed E-state index contributed by atoms with van der Waals surface area (Å²) in [7, 11) is 0. The van der Waals surface area contributed by atoms with E-state index < -0.39 is 0 Å². The van der Waals surface area contributed by atoms with E-state index in [1.165, 1.54) is 11.3 Å². The number of alkyl halides is 1. The van der Waals surface area contributed by atoms with Crippen LogP contribution < -0.4 is 0 Å². The molecule has 0 saturated heterocycles. The van der Waals surface area contributed by atoms with Gasteiger partial charge in [-0.3, -0.25) is 0 Å². The van der Waals surface area contributed by atoms with Crippen LogP contribution in [0.4, 0.5) is 0 Å². The third kappa shape index (κ3) is 1.95. The Morgan fingerprint density at radius 3 is 2.92 bits per heavy atom. The van der Waals surface area contributed by atoms with Gasteiger partial charge >= 0.3 is 0 Å². The number of hydrogen-bond acceptors (Lipinski definition) is 3. The molecule has 0 atom stereocenters. The third-order valence-electron chi connectivity index (χ3n) is 1.49. The van der Waals surface area contributed by atoms with Crippen LogP contribution in [0.25, 0.3) is 11.5 Å². The SMILES string of the molecule is ClCc1nc(-c2ccc(Br)o2)cs1. The number of furan rings is 1. The first kappa shape index (κ1) is 9.24. The largest absolute Gasteiger partial charge is 0.448 e. The van der Waals surface area contributed by atoms with E-state index in [-0.39, 0.29) is 0 Å². The first-order chi connectivity index (χ1) is 6.29. The summed E-state index contributed by atoms with van der Waals surface area (Å²) in [6, 6.07) is 3.71. The second-order valence-electron chi connectivity index (χ2n) is 2.36. The number of halogens is 2. The summed E-state index contributed by atoms with van der Waals surface area (Å²) < 4.78 is 6.06. The van der Waals surface area contributed by atoms with Crippen molar-refractivity contribution in [3.05, 3.63) is 27.2 Å². The first-order valence-electron chi connectivity index (χ1n) is 3.55. The van der Waals surface area contributed by atoms with Crippen molar-refractivity contribution in [3.63, 3.8) is 0 Å². The van der Waals surface area contributed by atoms with Gasteiger partial charge in [0.15, 0.2) is 10.4 Å². The van der Waals surface area contributed by atoms with Crippen LogP contribution in [0.15, 0.2) is 26.6 Å². The van der Waals surface area contributed by atoms with Crippen molar-refractivity contribution in [2.75, 3.05) is 0 Å². The lowest BCUT2D eigenvalue weighted by atomic mass is 10.4. The van der Waals surface area contributed by atoms with Crippen molar-refractivity contribution in [1.29, 1.82) is 0 Å². The standard InChI is InChI=1S/C8H5BrClNOS/c9-7-2-1-6(12-7)5-4-13-8(3-10)11-5/h1-2,4H,3H2. The van der Waals surface area contributed by atoms with E-state index in [0.717, 1.165) is 16.5 Å². The van der Waals surface area contributed by atoms with E-state index in [4.69, 9.17) is 16.0 Å². The van der Waals surface area contributed by atoms with E-state index in [2.05, 4.69) is 20.9 Å². The number of aromatic nitrogens is 1. The van der Waals surface area contributed by atoms with E-state index in [1.807, 2.05) is 17.5 Å². The van der Waals surface area contributed by atoms with E-state index in [9.17, 15) is 0 Å². The number of thiazole rings is 1. The second-order valence-corrected chi connectivity index (χ2v) is 4.36. The molecule has 0 spiro atoms. The van der Waals surface area contributed by atoms with Crippen molar-refractivity contribution in [3.8, 4) is 11.5 Å². The molecule has 0 aliphatic heterocycles. The lowest BCUT2D eigenvalue weighted by Crippen LogP contribution is -1.75. The third-order valence-corrected chi connectivity index (χ3v) is 3.18. The first-order valence-corrected chi connectivity index (χ1v) is 5.76. The zero-order valence-corrected chi connectivity index (χ0v) is 9.62. The van der Waals surface area contributed by atoms with Crippen LogP contribution in [0.5, 0.6) is 0 Å². The van der Waals surface area contributed by atoms with Gasteiger partial charge in [-0.05, 0) is 28.1 Å². The van der Waals surface area contributed by atoms with Gasteiger partial charge in [0.2, 0.25) is 0 Å². The molecule has 0 unspecified atom stereocenters.